The van der Waals surface area contributed by atoms with Crippen molar-refractivity contribution in [3.05, 3.63) is 53.3 Å². The van der Waals surface area contributed by atoms with Gasteiger partial charge in [-0.25, -0.2) is 4.79 Å². The fraction of sp³-hybridized carbons (Fsp3) is 0.312. The predicted octanol–water partition coefficient (Wildman–Crippen LogP) is 1.69. The summed E-state index contributed by atoms with van der Waals surface area (Å²) in [5, 5.41) is 10.6. The zero-order valence-corrected chi connectivity index (χ0v) is 16.3. The molecule has 0 bridgehead atoms. The molecule has 24 heavy (non-hydrogen) atoms. The summed E-state index contributed by atoms with van der Waals surface area (Å²) in [5.74, 6) is 0.362. The number of esters is 1. The van der Waals surface area contributed by atoms with E-state index >= 15 is 0 Å². The minimum atomic E-state index is -0.335. The molecule has 0 aliphatic heterocycles. The molecule has 1 aromatic carbocycles. The van der Waals surface area contributed by atoms with Crippen LogP contribution in [-0.4, -0.2) is 35.9 Å². The Morgan fingerprint density at radius 3 is 2.42 bits per heavy atom. The first-order chi connectivity index (χ1) is 11.1. The molecule has 1 aromatic heterocycles. The highest BCUT2D eigenvalue weighted by Gasteiger charge is 2.05. The standard InChI is InChI=1S/C16H21N5O2.HI/c1-17-16(19-11-14-8-9-20-21(14)2)18-10-12-4-6-13(7-5-12)15(22)23-3;/h4-9H,10-11H2,1-3H3,(H2,17,18,19);1H. The van der Waals surface area contributed by atoms with Gasteiger partial charge in [0.05, 0.1) is 24.9 Å². The van der Waals surface area contributed by atoms with Gasteiger partial charge in [-0.15, -0.1) is 24.0 Å². The number of carbonyl (C=O) groups excluding carboxylic acids is 1. The minimum absolute atomic E-state index is 0. The Morgan fingerprint density at radius 1 is 1.21 bits per heavy atom. The summed E-state index contributed by atoms with van der Waals surface area (Å²) in [5.41, 5.74) is 2.64. The van der Waals surface area contributed by atoms with Crippen LogP contribution in [0.5, 0.6) is 0 Å². The number of ether oxygens (including phenoxy) is 1. The summed E-state index contributed by atoms with van der Waals surface area (Å²) in [7, 11) is 4.99. The lowest BCUT2D eigenvalue weighted by Crippen LogP contribution is -2.36. The summed E-state index contributed by atoms with van der Waals surface area (Å²) in [6.07, 6.45) is 1.76. The van der Waals surface area contributed by atoms with Gasteiger partial charge in [-0.1, -0.05) is 12.1 Å². The lowest BCUT2D eigenvalue weighted by Gasteiger charge is -2.12. The third kappa shape index (κ3) is 5.52. The molecular formula is C16H22IN5O2. The first-order valence-corrected chi connectivity index (χ1v) is 7.22. The van der Waals surface area contributed by atoms with Gasteiger partial charge in [-0.05, 0) is 23.8 Å². The molecule has 8 heteroatoms. The van der Waals surface area contributed by atoms with Gasteiger partial charge in [0.2, 0.25) is 0 Å². The predicted molar refractivity (Wildman–Crippen MR) is 103 cm³/mol. The molecule has 2 aromatic rings. The van der Waals surface area contributed by atoms with Crippen molar-refractivity contribution < 1.29 is 9.53 Å². The molecule has 0 atom stereocenters. The van der Waals surface area contributed by atoms with Gasteiger partial charge in [-0.3, -0.25) is 9.67 Å². The number of nitrogens with one attached hydrogen (secondary N) is 2. The number of rotatable bonds is 5. The van der Waals surface area contributed by atoms with E-state index in [-0.39, 0.29) is 29.9 Å². The summed E-state index contributed by atoms with van der Waals surface area (Å²) >= 11 is 0. The van der Waals surface area contributed by atoms with Crippen LogP contribution in [0.25, 0.3) is 0 Å². The fourth-order valence-electron chi connectivity index (χ4n) is 2.03. The van der Waals surface area contributed by atoms with Crippen molar-refractivity contribution in [1.82, 2.24) is 20.4 Å². The number of guanidine groups is 1. The quantitative estimate of drug-likeness (QED) is 0.318. The van der Waals surface area contributed by atoms with Gasteiger partial charge in [0.1, 0.15) is 0 Å². The Balaban J connectivity index is 0.00000288. The second kappa shape index (κ2) is 9.91. The maximum atomic E-state index is 11.4. The Kier molecular flexibility index (Phi) is 8.24. The van der Waals surface area contributed by atoms with Crippen LogP contribution >= 0.6 is 24.0 Å². The average molecular weight is 443 g/mol. The van der Waals surface area contributed by atoms with Crippen LogP contribution in [0.3, 0.4) is 0 Å². The van der Waals surface area contributed by atoms with Gasteiger partial charge >= 0.3 is 5.97 Å². The number of hydrogen-bond donors (Lipinski definition) is 2. The first-order valence-electron chi connectivity index (χ1n) is 7.22. The SMILES string of the molecule is CN=C(NCc1ccc(C(=O)OC)cc1)NCc1ccnn1C.I. The molecule has 1 heterocycles. The second-order valence-electron chi connectivity index (χ2n) is 4.91. The molecule has 0 aliphatic carbocycles. The van der Waals surface area contributed by atoms with E-state index in [0.717, 1.165) is 11.3 Å². The van der Waals surface area contributed by atoms with E-state index in [0.29, 0.717) is 24.6 Å². The molecular weight excluding hydrogens is 421 g/mol. The maximum Gasteiger partial charge on any atom is 0.337 e. The van der Waals surface area contributed by atoms with Crippen molar-refractivity contribution in [3.63, 3.8) is 0 Å². The number of methoxy groups -OCH3 is 1. The number of nitrogens with zero attached hydrogens (tertiary/aromatic N) is 3. The number of aromatic nitrogens is 2. The van der Waals surface area contributed by atoms with Crippen molar-refractivity contribution in [1.29, 1.82) is 0 Å². The van der Waals surface area contributed by atoms with E-state index in [1.54, 1.807) is 25.4 Å². The Morgan fingerprint density at radius 2 is 1.88 bits per heavy atom. The Hall–Kier alpha value is -2.10. The molecule has 0 amide bonds. The molecule has 0 aliphatic rings. The number of aryl methyl sites for hydroxylation is 1. The van der Waals surface area contributed by atoms with E-state index in [2.05, 4.69) is 25.5 Å². The third-order valence-corrected chi connectivity index (χ3v) is 3.42. The lowest BCUT2D eigenvalue weighted by molar-refractivity contribution is 0.0600. The smallest absolute Gasteiger partial charge is 0.337 e. The van der Waals surface area contributed by atoms with Crippen LogP contribution in [0.4, 0.5) is 0 Å². The topological polar surface area (TPSA) is 80.5 Å². The third-order valence-electron chi connectivity index (χ3n) is 3.42. The lowest BCUT2D eigenvalue weighted by atomic mass is 10.1. The molecule has 0 unspecified atom stereocenters. The first kappa shape index (κ1) is 19.9. The minimum Gasteiger partial charge on any atom is -0.465 e. The second-order valence-corrected chi connectivity index (χ2v) is 4.91. The highest BCUT2D eigenvalue weighted by Crippen LogP contribution is 2.05. The Bertz CT molecular complexity index is 682. The van der Waals surface area contributed by atoms with Gasteiger partial charge < -0.3 is 15.4 Å². The van der Waals surface area contributed by atoms with E-state index in [4.69, 9.17) is 0 Å². The van der Waals surface area contributed by atoms with Crippen molar-refractivity contribution in [2.45, 2.75) is 13.1 Å². The van der Waals surface area contributed by atoms with E-state index in [1.807, 2.05) is 29.9 Å². The molecule has 0 saturated carbocycles. The average Bonchev–Trinajstić information content (AvgIpc) is 3.00. The number of benzene rings is 1. The van der Waals surface area contributed by atoms with Gasteiger partial charge in [-0.2, -0.15) is 5.10 Å². The zero-order chi connectivity index (χ0) is 16.7. The highest BCUT2D eigenvalue weighted by molar-refractivity contribution is 14.0. The van der Waals surface area contributed by atoms with Crippen LogP contribution in [0.2, 0.25) is 0 Å². The van der Waals surface area contributed by atoms with Crippen LogP contribution in [0.1, 0.15) is 21.6 Å². The fourth-order valence-corrected chi connectivity index (χ4v) is 2.03. The van der Waals surface area contributed by atoms with Crippen LogP contribution in [-0.2, 0) is 24.9 Å². The van der Waals surface area contributed by atoms with Crippen LogP contribution in [0.15, 0.2) is 41.5 Å². The van der Waals surface area contributed by atoms with Crippen molar-refractivity contribution in [2.24, 2.45) is 12.0 Å². The summed E-state index contributed by atoms with van der Waals surface area (Å²) in [4.78, 5) is 15.6. The number of aliphatic imine (C=N–C) groups is 1. The van der Waals surface area contributed by atoms with E-state index < -0.39 is 0 Å². The molecule has 0 radical (unpaired) electrons. The van der Waals surface area contributed by atoms with Crippen LogP contribution in [0, 0.1) is 0 Å². The van der Waals surface area contributed by atoms with Crippen molar-refractivity contribution in [3.8, 4) is 0 Å². The molecule has 0 fully saturated rings. The maximum absolute atomic E-state index is 11.4. The molecule has 0 spiro atoms. The number of carbonyl (C=O) groups is 1. The summed E-state index contributed by atoms with van der Waals surface area (Å²) in [6, 6.07) is 9.20. The van der Waals surface area contributed by atoms with Crippen molar-refractivity contribution >= 4 is 35.9 Å². The monoisotopic (exact) mass is 443 g/mol. The largest absolute Gasteiger partial charge is 0.465 e. The number of hydrogen-bond acceptors (Lipinski definition) is 4. The highest BCUT2D eigenvalue weighted by atomic mass is 127. The molecule has 2 N–H and O–H groups in total. The summed E-state index contributed by atoms with van der Waals surface area (Å²) in [6.45, 7) is 1.24. The Labute approximate surface area is 158 Å². The van der Waals surface area contributed by atoms with Gasteiger partial charge in [0.25, 0.3) is 0 Å². The molecule has 130 valence electrons. The van der Waals surface area contributed by atoms with Gasteiger partial charge in [0, 0.05) is 26.8 Å². The van der Waals surface area contributed by atoms with E-state index in [1.165, 1.54) is 7.11 Å². The molecule has 2 rings (SSSR count). The zero-order valence-electron chi connectivity index (χ0n) is 13.9. The normalized spacial score (nSPS) is 10.7. The van der Waals surface area contributed by atoms with Crippen LogP contribution < -0.4 is 10.6 Å². The molecule has 7 nitrogen and oxygen atoms in total. The summed E-state index contributed by atoms with van der Waals surface area (Å²) < 4.78 is 6.49. The van der Waals surface area contributed by atoms with Crippen molar-refractivity contribution in [2.75, 3.05) is 14.2 Å². The van der Waals surface area contributed by atoms with E-state index in [9.17, 15) is 4.79 Å². The van der Waals surface area contributed by atoms with Gasteiger partial charge in [0.15, 0.2) is 5.96 Å². The number of halogens is 1. The molecule has 0 saturated heterocycles.